The molecular weight excluding hydrogens is 356 g/mol. The van der Waals surface area contributed by atoms with Gasteiger partial charge in [-0.05, 0) is 40.5 Å². The minimum absolute atomic E-state index is 0.0387. The van der Waals surface area contributed by atoms with E-state index < -0.39 is 0 Å². The highest BCUT2D eigenvalue weighted by atomic mass is 16.5. The number of carbonyl (C=O) groups is 1. The number of hydrogen-bond acceptors (Lipinski definition) is 2. The van der Waals surface area contributed by atoms with E-state index >= 15 is 0 Å². The van der Waals surface area contributed by atoms with Gasteiger partial charge in [0.05, 0.1) is 5.41 Å². The van der Waals surface area contributed by atoms with Crippen molar-refractivity contribution in [3.8, 4) is 0 Å². The highest BCUT2D eigenvalue weighted by Gasteiger charge is 2.64. The fourth-order valence-electron chi connectivity index (χ4n) is 6.11. The first-order valence-corrected chi connectivity index (χ1v) is 11.1. The van der Waals surface area contributed by atoms with Crippen LogP contribution in [0.5, 0.6) is 0 Å². The van der Waals surface area contributed by atoms with Gasteiger partial charge < -0.3 is 4.74 Å². The Morgan fingerprint density at radius 2 is 1.45 bits per heavy atom. The molecule has 154 valence electrons. The van der Waals surface area contributed by atoms with E-state index in [0.29, 0.717) is 6.42 Å². The van der Waals surface area contributed by atoms with E-state index in [1.165, 1.54) is 22.3 Å². The van der Waals surface area contributed by atoms with Crippen LogP contribution in [-0.2, 0) is 25.8 Å². The molecule has 29 heavy (non-hydrogen) atoms. The molecule has 0 saturated carbocycles. The topological polar surface area (TPSA) is 26.3 Å². The molecule has 4 rings (SSSR count). The van der Waals surface area contributed by atoms with Gasteiger partial charge in [0, 0.05) is 11.8 Å². The molecule has 0 N–H and O–H groups in total. The van der Waals surface area contributed by atoms with Gasteiger partial charge in [0.25, 0.3) is 0 Å². The van der Waals surface area contributed by atoms with Crippen LogP contribution in [0.2, 0.25) is 0 Å². The molecule has 0 fully saturated rings. The van der Waals surface area contributed by atoms with Crippen molar-refractivity contribution < 1.29 is 9.53 Å². The summed E-state index contributed by atoms with van der Waals surface area (Å²) >= 11 is 0. The van der Waals surface area contributed by atoms with Crippen LogP contribution in [0.3, 0.4) is 0 Å². The first-order valence-electron chi connectivity index (χ1n) is 11.1. The fraction of sp³-hybridized carbons (Fsp3) is 0.519. The number of carbonyl (C=O) groups excluding carboxylic acids is 1. The molecular formula is C27H34O2. The first-order chi connectivity index (χ1) is 13.7. The van der Waals surface area contributed by atoms with Crippen LogP contribution in [0.1, 0.15) is 89.0 Å². The van der Waals surface area contributed by atoms with Gasteiger partial charge in [0.1, 0.15) is 6.10 Å². The minimum Gasteiger partial charge on any atom is -0.460 e. The van der Waals surface area contributed by atoms with Crippen LogP contribution in [0.15, 0.2) is 48.5 Å². The van der Waals surface area contributed by atoms with Crippen molar-refractivity contribution in [3.63, 3.8) is 0 Å². The summed E-state index contributed by atoms with van der Waals surface area (Å²) < 4.78 is 6.40. The number of ether oxygens (including phenoxy) is 1. The summed E-state index contributed by atoms with van der Waals surface area (Å²) in [7, 11) is 0. The second-order valence-corrected chi connectivity index (χ2v) is 10.2. The lowest BCUT2D eigenvalue weighted by atomic mass is 9.70. The zero-order valence-electron chi connectivity index (χ0n) is 18.5. The second kappa shape index (κ2) is 7.00. The molecule has 0 radical (unpaired) electrons. The SMILES string of the molecule is CCCCCC(=O)OC1C(C)(C)c2ccccc2C12CC(C)(C)c1ccccc12. The Bertz CT molecular complexity index is 911. The van der Waals surface area contributed by atoms with Gasteiger partial charge >= 0.3 is 5.97 Å². The fourth-order valence-corrected chi connectivity index (χ4v) is 6.11. The normalized spacial score (nSPS) is 25.6. The molecule has 2 aromatic rings. The quantitative estimate of drug-likeness (QED) is 0.434. The zero-order valence-corrected chi connectivity index (χ0v) is 18.5. The number of benzene rings is 2. The molecule has 2 nitrogen and oxygen atoms in total. The molecule has 0 amide bonds. The predicted molar refractivity (Wildman–Crippen MR) is 118 cm³/mol. The van der Waals surface area contributed by atoms with Gasteiger partial charge in [-0.3, -0.25) is 4.79 Å². The average molecular weight is 391 g/mol. The van der Waals surface area contributed by atoms with Gasteiger partial charge in [-0.15, -0.1) is 0 Å². The van der Waals surface area contributed by atoms with E-state index in [-0.39, 0.29) is 28.3 Å². The third kappa shape index (κ3) is 2.95. The summed E-state index contributed by atoms with van der Waals surface area (Å²) in [6.07, 6.45) is 4.38. The lowest BCUT2D eigenvalue weighted by Gasteiger charge is -2.39. The molecule has 2 heteroatoms. The van der Waals surface area contributed by atoms with Crippen molar-refractivity contribution in [1.82, 2.24) is 0 Å². The van der Waals surface area contributed by atoms with E-state index in [1.54, 1.807) is 0 Å². The number of fused-ring (bicyclic) bond motifs is 4. The molecule has 0 heterocycles. The van der Waals surface area contributed by atoms with Gasteiger partial charge in [0.15, 0.2) is 0 Å². The maximum Gasteiger partial charge on any atom is 0.306 e. The van der Waals surface area contributed by atoms with Gasteiger partial charge in [0.2, 0.25) is 0 Å². The van der Waals surface area contributed by atoms with Crippen LogP contribution < -0.4 is 0 Å². The average Bonchev–Trinajstić information content (AvgIpc) is 3.04. The predicted octanol–water partition coefficient (Wildman–Crippen LogP) is 6.44. The lowest BCUT2D eigenvalue weighted by molar-refractivity contribution is -0.155. The summed E-state index contributed by atoms with van der Waals surface area (Å²) in [6.45, 7) is 11.3. The largest absolute Gasteiger partial charge is 0.460 e. The summed E-state index contributed by atoms with van der Waals surface area (Å²) in [6, 6.07) is 17.5. The van der Waals surface area contributed by atoms with E-state index in [0.717, 1.165) is 25.7 Å². The molecule has 2 unspecified atom stereocenters. The minimum atomic E-state index is -0.277. The highest BCUT2D eigenvalue weighted by molar-refractivity contribution is 5.71. The highest BCUT2D eigenvalue weighted by Crippen LogP contribution is 2.63. The number of hydrogen-bond donors (Lipinski definition) is 0. The summed E-state index contributed by atoms with van der Waals surface area (Å²) in [5.74, 6) is -0.0501. The monoisotopic (exact) mass is 390 g/mol. The Kier molecular flexibility index (Phi) is 4.88. The van der Waals surface area contributed by atoms with Gasteiger partial charge in [-0.1, -0.05) is 96.0 Å². The molecule has 0 aromatic heterocycles. The van der Waals surface area contributed by atoms with Crippen molar-refractivity contribution in [2.75, 3.05) is 0 Å². The number of esters is 1. The van der Waals surface area contributed by atoms with E-state index in [2.05, 4.69) is 83.1 Å². The third-order valence-corrected chi connectivity index (χ3v) is 7.30. The molecule has 0 aliphatic heterocycles. The van der Waals surface area contributed by atoms with Crippen LogP contribution >= 0.6 is 0 Å². The maximum atomic E-state index is 12.9. The Morgan fingerprint density at radius 1 is 0.897 bits per heavy atom. The van der Waals surface area contributed by atoms with Crippen molar-refractivity contribution >= 4 is 5.97 Å². The Morgan fingerprint density at radius 3 is 2.07 bits per heavy atom. The first kappa shape index (κ1) is 20.2. The lowest BCUT2D eigenvalue weighted by Crippen LogP contribution is -2.46. The summed E-state index contributed by atoms with van der Waals surface area (Å²) in [5, 5.41) is 0. The molecule has 2 aromatic carbocycles. The molecule has 1 spiro atoms. The van der Waals surface area contributed by atoms with Crippen LogP contribution in [0, 0.1) is 0 Å². The Balaban J connectivity index is 1.85. The van der Waals surface area contributed by atoms with E-state index in [4.69, 9.17) is 4.74 Å². The number of rotatable bonds is 5. The van der Waals surface area contributed by atoms with Crippen molar-refractivity contribution in [2.45, 2.75) is 89.1 Å². The zero-order chi connectivity index (χ0) is 20.9. The third-order valence-electron chi connectivity index (χ3n) is 7.30. The Labute approximate surface area is 175 Å². The van der Waals surface area contributed by atoms with Crippen molar-refractivity contribution in [1.29, 1.82) is 0 Å². The van der Waals surface area contributed by atoms with Crippen LogP contribution in [0.4, 0.5) is 0 Å². The summed E-state index contributed by atoms with van der Waals surface area (Å²) in [5.41, 5.74) is 4.92. The molecule has 2 aliphatic rings. The second-order valence-electron chi connectivity index (χ2n) is 10.2. The Hall–Kier alpha value is -2.09. The van der Waals surface area contributed by atoms with E-state index in [9.17, 15) is 4.79 Å². The molecule has 0 bridgehead atoms. The van der Waals surface area contributed by atoms with E-state index in [1.807, 2.05) is 0 Å². The standard InChI is InChI=1S/C27H34O2/c1-6-7-8-17-23(28)29-24-26(4,5)20-14-10-12-16-22(20)27(24)18-25(2,3)19-13-9-11-15-21(19)27/h9-16,24H,6-8,17-18H2,1-5H3. The summed E-state index contributed by atoms with van der Waals surface area (Å²) in [4.78, 5) is 12.9. The van der Waals surface area contributed by atoms with Gasteiger partial charge in [-0.25, -0.2) is 0 Å². The maximum absolute atomic E-state index is 12.9. The van der Waals surface area contributed by atoms with Crippen molar-refractivity contribution in [3.05, 3.63) is 70.8 Å². The smallest absolute Gasteiger partial charge is 0.306 e. The van der Waals surface area contributed by atoms with Crippen LogP contribution in [0.25, 0.3) is 0 Å². The number of unbranched alkanes of at least 4 members (excludes halogenated alkanes) is 2. The van der Waals surface area contributed by atoms with Crippen molar-refractivity contribution in [2.24, 2.45) is 0 Å². The van der Waals surface area contributed by atoms with Gasteiger partial charge in [-0.2, -0.15) is 0 Å². The molecule has 2 aliphatic carbocycles. The van der Waals surface area contributed by atoms with Crippen LogP contribution in [-0.4, -0.2) is 12.1 Å². The molecule has 2 atom stereocenters. The molecule has 0 saturated heterocycles.